The maximum atomic E-state index is 4.67. The molecule has 0 amide bonds. The third-order valence-corrected chi connectivity index (χ3v) is 5.07. The first-order chi connectivity index (χ1) is 9.78. The highest BCUT2D eigenvalue weighted by atomic mass is 32.2. The molecule has 0 spiro atoms. The molecule has 0 saturated carbocycles. The largest absolute Gasteiger partial charge is 0.313 e. The highest BCUT2D eigenvalue weighted by molar-refractivity contribution is 7.99. The van der Waals surface area contributed by atoms with Gasteiger partial charge in [-0.15, -0.1) is 11.8 Å². The number of aryl methyl sites for hydroxylation is 1. The van der Waals surface area contributed by atoms with Gasteiger partial charge in [0.15, 0.2) is 0 Å². The molecule has 2 aromatic rings. The number of nitrogens with one attached hydrogen (secondary N) is 1. The minimum absolute atomic E-state index is 0.586. The van der Waals surface area contributed by atoms with Gasteiger partial charge in [-0.25, -0.2) is 0 Å². The van der Waals surface area contributed by atoms with Crippen LogP contribution in [0.3, 0.4) is 0 Å². The molecule has 0 bridgehead atoms. The van der Waals surface area contributed by atoms with Crippen molar-refractivity contribution < 1.29 is 0 Å². The van der Waals surface area contributed by atoms with Crippen molar-refractivity contribution in [2.75, 3.05) is 12.3 Å². The van der Waals surface area contributed by atoms with E-state index in [4.69, 9.17) is 0 Å². The lowest BCUT2D eigenvalue weighted by molar-refractivity contribution is 0.546. The van der Waals surface area contributed by atoms with Crippen molar-refractivity contribution in [3.63, 3.8) is 0 Å². The van der Waals surface area contributed by atoms with Gasteiger partial charge in [0.2, 0.25) is 0 Å². The summed E-state index contributed by atoms with van der Waals surface area (Å²) in [6.45, 7) is 7.12. The maximum Gasteiger partial charge on any atom is 0.0638 e. The Morgan fingerprint density at radius 2 is 2.25 bits per heavy atom. The van der Waals surface area contributed by atoms with E-state index in [1.165, 1.54) is 21.8 Å². The van der Waals surface area contributed by atoms with Crippen molar-refractivity contribution >= 4 is 11.8 Å². The summed E-state index contributed by atoms with van der Waals surface area (Å²) in [4.78, 5) is 1.44. The van der Waals surface area contributed by atoms with Gasteiger partial charge in [-0.1, -0.05) is 25.1 Å². The Hall–Kier alpha value is -1.26. The Bertz CT molecular complexity index is 591. The summed E-state index contributed by atoms with van der Waals surface area (Å²) in [6, 6.07) is 8.75. The average Bonchev–Trinajstić information content (AvgIpc) is 3.01. The zero-order valence-electron chi connectivity index (χ0n) is 12.1. The van der Waals surface area contributed by atoms with E-state index in [0.29, 0.717) is 5.92 Å². The maximum absolute atomic E-state index is 4.67. The van der Waals surface area contributed by atoms with Gasteiger partial charge >= 0.3 is 0 Å². The fourth-order valence-corrected chi connectivity index (χ4v) is 3.93. The van der Waals surface area contributed by atoms with Crippen LogP contribution in [0.2, 0.25) is 0 Å². The molecule has 0 radical (unpaired) electrons. The van der Waals surface area contributed by atoms with E-state index < -0.39 is 0 Å². The SMILES string of the molecule is CCNCc1cn(CC2CSc3ccccc32)nc1C. The Morgan fingerprint density at radius 3 is 3.10 bits per heavy atom. The molecule has 1 aliphatic heterocycles. The molecule has 1 unspecified atom stereocenters. The minimum Gasteiger partial charge on any atom is -0.313 e. The van der Waals surface area contributed by atoms with Crippen LogP contribution in [-0.2, 0) is 13.1 Å². The van der Waals surface area contributed by atoms with Gasteiger partial charge in [0.05, 0.1) is 5.69 Å². The van der Waals surface area contributed by atoms with Crippen molar-refractivity contribution in [2.24, 2.45) is 0 Å². The first-order valence-electron chi connectivity index (χ1n) is 7.23. The molecule has 1 atom stereocenters. The highest BCUT2D eigenvalue weighted by Crippen LogP contribution is 2.39. The van der Waals surface area contributed by atoms with Crippen LogP contribution in [0.1, 0.15) is 29.7 Å². The fourth-order valence-electron chi connectivity index (χ4n) is 2.69. The molecule has 3 rings (SSSR count). The number of hydrogen-bond acceptors (Lipinski definition) is 3. The first-order valence-corrected chi connectivity index (χ1v) is 8.22. The molecule has 0 fully saturated rings. The number of thioether (sulfide) groups is 1. The van der Waals surface area contributed by atoms with Crippen LogP contribution in [0.4, 0.5) is 0 Å². The molecule has 20 heavy (non-hydrogen) atoms. The van der Waals surface area contributed by atoms with Crippen molar-refractivity contribution in [3.8, 4) is 0 Å². The number of rotatable bonds is 5. The van der Waals surface area contributed by atoms with Crippen molar-refractivity contribution in [1.29, 1.82) is 0 Å². The summed E-state index contributed by atoms with van der Waals surface area (Å²) >= 11 is 1.97. The van der Waals surface area contributed by atoms with Crippen LogP contribution < -0.4 is 5.32 Å². The van der Waals surface area contributed by atoms with Gasteiger partial charge in [-0.3, -0.25) is 4.68 Å². The van der Waals surface area contributed by atoms with Crippen molar-refractivity contribution in [1.82, 2.24) is 15.1 Å². The van der Waals surface area contributed by atoms with Gasteiger partial charge in [-0.05, 0) is 25.1 Å². The van der Waals surface area contributed by atoms with Gasteiger partial charge in [0, 0.05) is 41.4 Å². The molecule has 2 heterocycles. The second-order valence-electron chi connectivity index (χ2n) is 5.29. The zero-order valence-corrected chi connectivity index (χ0v) is 12.9. The van der Waals surface area contributed by atoms with Crippen molar-refractivity contribution in [3.05, 3.63) is 47.3 Å². The molecule has 0 saturated heterocycles. The third kappa shape index (κ3) is 2.76. The standard InChI is InChI=1S/C16H21N3S/c1-3-17-8-13-9-19(18-12(13)2)10-14-11-20-16-7-5-4-6-15(14)16/h4-7,9,14,17H,3,8,10-11H2,1-2H3. The molecular formula is C16H21N3S. The number of aromatic nitrogens is 2. The predicted octanol–water partition coefficient (Wildman–Crippen LogP) is 3.19. The molecular weight excluding hydrogens is 266 g/mol. The Labute approximate surface area is 124 Å². The lowest BCUT2D eigenvalue weighted by Crippen LogP contribution is -2.12. The van der Waals surface area contributed by atoms with Crippen LogP contribution in [0.5, 0.6) is 0 Å². The first kappa shape index (κ1) is 13.7. The second kappa shape index (κ2) is 6.02. The normalized spacial score (nSPS) is 17.4. The van der Waals surface area contributed by atoms with Gasteiger partial charge in [-0.2, -0.15) is 5.10 Å². The third-order valence-electron chi connectivity index (χ3n) is 3.82. The summed E-state index contributed by atoms with van der Waals surface area (Å²) in [6.07, 6.45) is 2.20. The van der Waals surface area contributed by atoms with Crippen molar-refractivity contribution in [2.45, 2.75) is 37.8 Å². The van der Waals surface area contributed by atoms with Crippen LogP contribution >= 0.6 is 11.8 Å². The van der Waals surface area contributed by atoms with E-state index in [-0.39, 0.29) is 0 Å². The molecule has 106 valence electrons. The number of nitrogens with zero attached hydrogens (tertiary/aromatic N) is 2. The molecule has 0 aliphatic carbocycles. The highest BCUT2D eigenvalue weighted by Gasteiger charge is 2.23. The van der Waals surface area contributed by atoms with E-state index in [2.05, 4.69) is 59.4 Å². The van der Waals surface area contributed by atoms with Crippen LogP contribution in [0, 0.1) is 6.92 Å². The quantitative estimate of drug-likeness (QED) is 0.916. The Kier molecular flexibility index (Phi) is 4.13. The van der Waals surface area contributed by atoms with Crippen LogP contribution in [0.25, 0.3) is 0 Å². The predicted molar refractivity (Wildman–Crippen MR) is 84.3 cm³/mol. The van der Waals surface area contributed by atoms with E-state index in [0.717, 1.165) is 25.3 Å². The van der Waals surface area contributed by atoms with E-state index >= 15 is 0 Å². The Morgan fingerprint density at radius 1 is 1.40 bits per heavy atom. The van der Waals surface area contributed by atoms with E-state index in [1.807, 2.05) is 11.8 Å². The molecule has 1 aromatic carbocycles. The summed E-state index contributed by atoms with van der Waals surface area (Å²) in [7, 11) is 0. The lowest BCUT2D eigenvalue weighted by atomic mass is 10.0. The van der Waals surface area contributed by atoms with Gasteiger partial charge in [0.1, 0.15) is 0 Å². The Balaban J connectivity index is 1.73. The van der Waals surface area contributed by atoms with Gasteiger partial charge < -0.3 is 5.32 Å². The van der Waals surface area contributed by atoms with Crippen LogP contribution in [-0.4, -0.2) is 22.1 Å². The molecule has 4 heteroatoms. The van der Waals surface area contributed by atoms with Crippen LogP contribution in [0.15, 0.2) is 35.4 Å². The molecule has 1 N–H and O–H groups in total. The summed E-state index contributed by atoms with van der Waals surface area (Å²) < 4.78 is 2.12. The minimum atomic E-state index is 0.586. The second-order valence-corrected chi connectivity index (χ2v) is 6.35. The summed E-state index contributed by atoms with van der Waals surface area (Å²) in [5, 5.41) is 8.04. The van der Waals surface area contributed by atoms with E-state index in [1.54, 1.807) is 0 Å². The number of hydrogen-bond donors (Lipinski definition) is 1. The number of benzene rings is 1. The molecule has 1 aromatic heterocycles. The zero-order chi connectivity index (χ0) is 13.9. The smallest absolute Gasteiger partial charge is 0.0638 e. The van der Waals surface area contributed by atoms with E-state index in [9.17, 15) is 0 Å². The van der Waals surface area contributed by atoms with Gasteiger partial charge in [0.25, 0.3) is 0 Å². The molecule has 1 aliphatic rings. The lowest BCUT2D eigenvalue weighted by Gasteiger charge is -2.10. The summed E-state index contributed by atoms with van der Waals surface area (Å²) in [5.74, 6) is 1.75. The monoisotopic (exact) mass is 287 g/mol. The average molecular weight is 287 g/mol. The topological polar surface area (TPSA) is 29.9 Å². The molecule has 3 nitrogen and oxygen atoms in total. The summed E-state index contributed by atoms with van der Waals surface area (Å²) in [5.41, 5.74) is 3.94. The number of fused-ring (bicyclic) bond motifs is 1. The fraction of sp³-hybridized carbons (Fsp3) is 0.438.